The van der Waals surface area contributed by atoms with Crippen LogP contribution in [0, 0.1) is 17.0 Å². The SMILES string of the molecule is COC(=O)CN(c1c([N+](=O)[O-])nc(C)n1C)C(C)C. The predicted molar refractivity (Wildman–Crippen MR) is 69.1 cm³/mol. The van der Waals surface area contributed by atoms with E-state index in [-0.39, 0.29) is 18.4 Å². The number of nitro groups is 1. The number of methoxy groups -OCH3 is 1. The maximum absolute atomic E-state index is 11.4. The first-order chi connectivity index (χ1) is 8.79. The minimum atomic E-state index is -0.547. The number of imidazole rings is 1. The smallest absolute Gasteiger partial charge is 0.406 e. The lowest BCUT2D eigenvalue weighted by molar-refractivity contribution is -0.388. The molecule has 0 aromatic carbocycles. The standard InChI is InChI=1S/C11H18N4O4/c1-7(2)14(6-9(16)19-5)11-10(15(17)18)12-8(3)13(11)4/h7H,6H2,1-5H3. The second-order valence-electron chi connectivity index (χ2n) is 4.42. The lowest BCUT2D eigenvalue weighted by atomic mass is 10.3. The Balaban J connectivity index is 3.29. The highest BCUT2D eigenvalue weighted by atomic mass is 16.6. The van der Waals surface area contributed by atoms with Gasteiger partial charge < -0.3 is 19.8 Å². The summed E-state index contributed by atoms with van der Waals surface area (Å²) in [7, 11) is 2.96. The molecular weight excluding hydrogens is 252 g/mol. The lowest BCUT2D eigenvalue weighted by Gasteiger charge is -2.26. The van der Waals surface area contributed by atoms with Gasteiger partial charge in [0.05, 0.1) is 7.11 Å². The number of aryl methyl sites for hydroxylation is 1. The van der Waals surface area contributed by atoms with Gasteiger partial charge in [-0.2, -0.15) is 0 Å². The zero-order chi connectivity index (χ0) is 14.7. The molecule has 0 amide bonds. The molecule has 0 N–H and O–H groups in total. The summed E-state index contributed by atoms with van der Waals surface area (Å²) >= 11 is 0. The Kier molecular flexibility index (Phi) is 4.47. The molecule has 0 atom stereocenters. The van der Waals surface area contributed by atoms with Crippen LogP contribution < -0.4 is 4.90 Å². The van der Waals surface area contributed by atoms with E-state index in [2.05, 4.69) is 9.72 Å². The predicted octanol–water partition coefficient (Wildman–Crippen LogP) is 1.02. The third-order valence-electron chi connectivity index (χ3n) is 2.87. The molecule has 0 fully saturated rings. The zero-order valence-corrected chi connectivity index (χ0v) is 11.7. The van der Waals surface area contributed by atoms with Crippen LogP contribution in [0.1, 0.15) is 19.7 Å². The van der Waals surface area contributed by atoms with Gasteiger partial charge in [-0.1, -0.05) is 0 Å². The van der Waals surface area contributed by atoms with Crippen molar-refractivity contribution in [3.63, 3.8) is 0 Å². The molecule has 0 aliphatic carbocycles. The number of nitrogens with zero attached hydrogens (tertiary/aromatic N) is 4. The summed E-state index contributed by atoms with van der Waals surface area (Å²) in [6.07, 6.45) is 0. The average molecular weight is 270 g/mol. The van der Waals surface area contributed by atoms with E-state index in [1.165, 1.54) is 7.11 Å². The molecule has 0 radical (unpaired) electrons. The molecule has 1 rings (SSSR count). The van der Waals surface area contributed by atoms with Crippen molar-refractivity contribution in [3.05, 3.63) is 15.9 Å². The van der Waals surface area contributed by atoms with E-state index < -0.39 is 10.9 Å². The Labute approximate surface area is 111 Å². The van der Waals surface area contributed by atoms with Crippen molar-refractivity contribution in [2.75, 3.05) is 18.6 Å². The summed E-state index contributed by atoms with van der Waals surface area (Å²) in [5.74, 6) is 0.111. The van der Waals surface area contributed by atoms with Crippen molar-refractivity contribution >= 4 is 17.6 Å². The van der Waals surface area contributed by atoms with Crippen molar-refractivity contribution in [3.8, 4) is 0 Å². The highest BCUT2D eigenvalue weighted by Crippen LogP contribution is 2.29. The first-order valence-electron chi connectivity index (χ1n) is 5.80. The second kappa shape index (κ2) is 5.68. The zero-order valence-electron chi connectivity index (χ0n) is 11.7. The number of carbonyl (C=O) groups is 1. The summed E-state index contributed by atoms with van der Waals surface area (Å²) < 4.78 is 6.22. The van der Waals surface area contributed by atoms with Gasteiger partial charge in [0.2, 0.25) is 11.6 Å². The molecule has 0 saturated heterocycles. The number of hydrogen-bond donors (Lipinski definition) is 0. The van der Waals surface area contributed by atoms with E-state index in [9.17, 15) is 14.9 Å². The normalized spacial score (nSPS) is 10.6. The van der Waals surface area contributed by atoms with E-state index in [1.54, 1.807) is 23.4 Å². The van der Waals surface area contributed by atoms with Crippen LogP contribution in [0.4, 0.5) is 11.6 Å². The third-order valence-corrected chi connectivity index (χ3v) is 2.87. The van der Waals surface area contributed by atoms with Gasteiger partial charge in [-0.25, -0.2) is 0 Å². The van der Waals surface area contributed by atoms with E-state index in [0.29, 0.717) is 11.6 Å². The Morgan fingerprint density at radius 3 is 2.58 bits per heavy atom. The van der Waals surface area contributed by atoms with Crippen molar-refractivity contribution in [1.82, 2.24) is 9.55 Å². The number of esters is 1. The first kappa shape index (κ1) is 14.9. The van der Waals surface area contributed by atoms with Crippen LogP contribution in [0.3, 0.4) is 0 Å². The molecule has 8 nitrogen and oxygen atoms in total. The van der Waals surface area contributed by atoms with E-state index >= 15 is 0 Å². The van der Waals surface area contributed by atoms with Crippen LogP contribution in [0.25, 0.3) is 0 Å². The van der Waals surface area contributed by atoms with E-state index in [1.807, 2.05) is 13.8 Å². The van der Waals surface area contributed by atoms with E-state index in [0.717, 1.165) is 0 Å². The van der Waals surface area contributed by atoms with Gasteiger partial charge in [0, 0.05) is 20.0 Å². The van der Waals surface area contributed by atoms with Gasteiger partial charge in [-0.3, -0.25) is 9.36 Å². The van der Waals surface area contributed by atoms with Crippen molar-refractivity contribution in [2.24, 2.45) is 7.05 Å². The minimum absolute atomic E-state index is 0.0615. The Morgan fingerprint density at radius 1 is 1.58 bits per heavy atom. The minimum Gasteiger partial charge on any atom is -0.468 e. The quantitative estimate of drug-likeness (QED) is 0.451. The number of rotatable bonds is 5. The lowest BCUT2D eigenvalue weighted by Crippen LogP contribution is -2.37. The molecule has 106 valence electrons. The van der Waals surface area contributed by atoms with Gasteiger partial charge >= 0.3 is 11.8 Å². The van der Waals surface area contributed by atoms with Crippen molar-refractivity contribution in [2.45, 2.75) is 26.8 Å². The van der Waals surface area contributed by atoms with Crippen LogP contribution in [0.5, 0.6) is 0 Å². The first-order valence-corrected chi connectivity index (χ1v) is 5.80. The highest BCUT2D eigenvalue weighted by Gasteiger charge is 2.30. The van der Waals surface area contributed by atoms with Crippen LogP contribution >= 0.6 is 0 Å². The molecule has 1 aromatic rings. The fraction of sp³-hybridized carbons (Fsp3) is 0.636. The van der Waals surface area contributed by atoms with Crippen LogP contribution in [0.2, 0.25) is 0 Å². The molecule has 0 spiro atoms. The molecule has 1 heterocycles. The van der Waals surface area contributed by atoms with Crippen LogP contribution in [-0.2, 0) is 16.6 Å². The summed E-state index contributed by atoms with van der Waals surface area (Å²) in [4.78, 5) is 27.5. The molecule has 8 heteroatoms. The summed E-state index contributed by atoms with van der Waals surface area (Å²) in [5.41, 5.74) is 0. The molecule has 0 bridgehead atoms. The average Bonchev–Trinajstić information content (AvgIpc) is 2.62. The number of aromatic nitrogens is 2. The van der Waals surface area contributed by atoms with Gasteiger partial charge in [-0.15, -0.1) is 0 Å². The summed E-state index contributed by atoms with van der Waals surface area (Å²) in [6.45, 7) is 5.30. The Morgan fingerprint density at radius 2 is 2.16 bits per heavy atom. The molecular formula is C11H18N4O4. The molecule has 19 heavy (non-hydrogen) atoms. The number of carbonyl (C=O) groups excluding carboxylic acids is 1. The van der Waals surface area contributed by atoms with Crippen LogP contribution in [-0.4, -0.2) is 40.1 Å². The molecule has 0 saturated carbocycles. The van der Waals surface area contributed by atoms with Gasteiger partial charge in [0.1, 0.15) is 6.54 Å². The fourth-order valence-corrected chi connectivity index (χ4v) is 1.73. The van der Waals surface area contributed by atoms with Crippen LogP contribution in [0.15, 0.2) is 0 Å². The Bertz CT molecular complexity index is 495. The van der Waals surface area contributed by atoms with Crippen molar-refractivity contribution in [1.29, 1.82) is 0 Å². The molecule has 0 aliphatic heterocycles. The van der Waals surface area contributed by atoms with Gasteiger partial charge in [-0.05, 0) is 23.8 Å². The summed E-state index contributed by atoms with van der Waals surface area (Å²) in [5, 5.41) is 11.1. The maximum Gasteiger partial charge on any atom is 0.406 e. The number of anilines is 1. The third kappa shape index (κ3) is 3.01. The second-order valence-corrected chi connectivity index (χ2v) is 4.42. The Hall–Kier alpha value is -2.12. The van der Waals surface area contributed by atoms with Crippen molar-refractivity contribution < 1.29 is 14.5 Å². The van der Waals surface area contributed by atoms with Gasteiger partial charge in [0.25, 0.3) is 0 Å². The van der Waals surface area contributed by atoms with Gasteiger partial charge in [0.15, 0.2) is 0 Å². The summed E-state index contributed by atoms with van der Waals surface area (Å²) in [6, 6.07) is -0.104. The monoisotopic (exact) mass is 270 g/mol. The number of ether oxygens (including phenoxy) is 1. The molecule has 0 unspecified atom stereocenters. The highest BCUT2D eigenvalue weighted by molar-refractivity contribution is 5.76. The molecule has 1 aromatic heterocycles. The molecule has 0 aliphatic rings. The number of hydrogen-bond acceptors (Lipinski definition) is 6. The van der Waals surface area contributed by atoms with E-state index in [4.69, 9.17) is 0 Å². The topological polar surface area (TPSA) is 90.5 Å². The maximum atomic E-state index is 11.4. The largest absolute Gasteiger partial charge is 0.468 e. The fourth-order valence-electron chi connectivity index (χ4n) is 1.73.